The van der Waals surface area contributed by atoms with Crippen molar-refractivity contribution < 1.29 is 9.90 Å². The first-order chi connectivity index (χ1) is 8.89. The lowest BCUT2D eigenvalue weighted by Crippen LogP contribution is -2.54. The Labute approximate surface area is 117 Å². The molecule has 0 bridgehead atoms. The van der Waals surface area contributed by atoms with Gasteiger partial charge in [0, 0.05) is 12.6 Å². The van der Waals surface area contributed by atoms with Gasteiger partial charge >= 0.3 is 5.97 Å². The summed E-state index contributed by atoms with van der Waals surface area (Å²) in [5, 5.41) is 12.8. The van der Waals surface area contributed by atoms with Crippen molar-refractivity contribution in [2.75, 3.05) is 20.1 Å². The van der Waals surface area contributed by atoms with Gasteiger partial charge in [0.1, 0.15) is 5.54 Å². The molecule has 4 nitrogen and oxygen atoms in total. The van der Waals surface area contributed by atoms with Gasteiger partial charge in [-0.1, -0.05) is 6.92 Å². The fourth-order valence-corrected chi connectivity index (χ4v) is 2.71. The van der Waals surface area contributed by atoms with Crippen LogP contribution in [0.15, 0.2) is 0 Å². The van der Waals surface area contributed by atoms with E-state index < -0.39 is 11.5 Å². The van der Waals surface area contributed by atoms with Crippen LogP contribution >= 0.6 is 0 Å². The topological polar surface area (TPSA) is 52.6 Å². The van der Waals surface area contributed by atoms with Gasteiger partial charge in [0.25, 0.3) is 0 Å². The van der Waals surface area contributed by atoms with Crippen LogP contribution in [0.25, 0.3) is 0 Å². The highest BCUT2D eigenvalue weighted by Crippen LogP contribution is 2.29. The zero-order chi connectivity index (χ0) is 14.5. The Kier molecular flexibility index (Phi) is 6.27. The summed E-state index contributed by atoms with van der Waals surface area (Å²) in [6.07, 6.45) is 5.00. The Bertz CT molecular complexity index is 290. The van der Waals surface area contributed by atoms with Gasteiger partial charge in [0.05, 0.1) is 0 Å². The molecule has 0 spiro atoms. The predicted molar refractivity (Wildman–Crippen MR) is 78.4 cm³/mol. The van der Waals surface area contributed by atoms with Crippen molar-refractivity contribution in [3.8, 4) is 0 Å². The second kappa shape index (κ2) is 7.25. The number of carbonyl (C=O) groups is 1. The van der Waals surface area contributed by atoms with Crippen LogP contribution in [-0.4, -0.2) is 47.7 Å². The van der Waals surface area contributed by atoms with E-state index in [9.17, 15) is 9.90 Å². The highest BCUT2D eigenvalue weighted by atomic mass is 16.4. The van der Waals surface area contributed by atoms with Crippen molar-refractivity contribution in [3.63, 3.8) is 0 Å². The van der Waals surface area contributed by atoms with Gasteiger partial charge in [-0.25, -0.2) is 0 Å². The lowest BCUT2D eigenvalue weighted by molar-refractivity contribution is -0.145. The molecule has 1 aliphatic rings. The van der Waals surface area contributed by atoms with Gasteiger partial charge in [-0.3, -0.25) is 10.1 Å². The second-order valence-corrected chi connectivity index (χ2v) is 6.35. The summed E-state index contributed by atoms with van der Waals surface area (Å²) in [6, 6.07) is 0.195. The zero-order valence-corrected chi connectivity index (χ0v) is 12.9. The SMILES string of the molecule is CCC(CCCN(C)CC1CC1)(NC(C)C)C(=O)O. The van der Waals surface area contributed by atoms with Crippen molar-refractivity contribution >= 4 is 5.97 Å². The molecule has 2 N–H and O–H groups in total. The smallest absolute Gasteiger partial charge is 0.323 e. The number of aliphatic carboxylic acids is 1. The Hall–Kier alpha value is -0.610. The Morgan fingerprint density at radius 1 is 1.47 bits per heavy atom. The first kappa shape index (κ1) is 16.4. The molecule has 1 unspecified atom stereocenters. The molecule has 0 aliphatic heterocycles. The average Bonchev–Trinajstić information content (AvgIpc) is 3.10. The first-order valence-electron chi connectivity index (χ1n) is 7.59. The third-order valence-electron chi connectivity index (χ3n) is 3.99. The molecule has 0 saturated heterocycles. The number of carboxylic acids is 1. The van der Waals surface area contributed by atoms with Crippen molar-refractivity contribution in [1.82, 2.24) is 10.2 Å². The van der Waals surface area contributed by atoms with Gasteiger partial charge in [-0.15, -0.1) is 0 Å². The normalized spacial score (nSPS) is 18.8. The minimum Gasteiger partial charge on any atom is -0.480 e. The molecule has 1 rings (SSSR count). The number of nitrogens with zero attached hydrogens (tertiary/aromatic N) is 1. The molecule has 0 amide bonds. The van der Waals surface area contributed by atoms with E-state index in [1.807, 2.05) is 20.8 Å². The molecule has 112 valence electrons. The van der Waals surface area contributed by atoms with Crippen molar-refractivity contribution in [2.45, 2.75) is 64.5 Å². The number of nitrogens with one attached hydrogen (secondary N) is 1. The van der Waals surface area contributed by atoms with Crippen LogP contribution in [0, 0.1) is 5.92 Å². The maximum Gasteiger partial charge on any atom is 0.323 e. The predicted octanol–water partition coefficient (Wildman–Crippen LogP) is 2.34. The molecular formula is C15H30N2O2. The maximum atomic E-state index is 11.6. The van der Waals surface area contributed by atoms with Crippen LogP contribution in [0.5, 0.6) is 0 Å². The fraction of sp³-hybridized carbons (Fsp3) is 0.933. The van der Waals surface area contributed by atoms with Gasteiger partial charge in [-0.2, -0.15) is 0 Å². The third-order valence-corrected chi connectivity index (χ3v) is 3.99. The third kappa shape index (κ3) is 5.49. The Balaban J connectivity index is 2.40. The lowest BCUT2D eigenvalue weighted by atomic mass is 9.89. The van der Waals surface area contributed by atoms with E-state index in [4.69, 9.17) is 0 Å². The van der Waals surface area contributed by atoms with Crippen LogP contribution in [-0.2, 0) is 4.79 Å². The van der Waals surface area contributed by atoms with E-state index in [1.54, 1.807) is 0 Å². The zero-order valence-electron chi connectivity index (χ0n) is 12.9. The van der Waals surface area contributed by atoms with Crippen LogP contribution in [0.1, 0.15) is 52.9 Å². The van der Waals surface area contributed by atoms with Crippen LogP contribution in [0.4, 0.5) is 0 Å². The molecule has 1 fully saturated rings. The summed E-state index contributed by atoms with van der Waals surface area (Å²) >= 11 is 0. The monoisotopic (exact) mass is 270 g/mol. The van der Waals surface area contributed by atoms with E-state index in [0.717, 1.165) is 18.9 Å². The molecular weight excluding hydrogens is 240 g/mol. The molecule has 0 aromatic heterocycles. The molecule has 1 atom stereocenters. The van der Waals surface area contributed by atoms with Gasteiger partial charge < -0.3 is 10.0 Å². The Morgan fingerprint density at radius 3 is 2.53 bits per heavy atom. The molecule has 19 heavy (non-hydrogen) atoms. The van der Waals surface area contributed by atoms with Gasteiger partial charge in [-0.05, 0) is 65.5 Å². The van der Waals surface area contributed by atoms with Crippen LogP contribution in [0.3, 0.4) is 0 Å². The second-order valence-electron chi connectivity index (χ2n) is 6.35. The quantitative estimate of drug-likeness (QED) is 0.640. The van der Waals surface area contributed by atoms with E-state index in [2.05, 4.69) is 17.3 Å². The van der Waals surface area contributed by atoms with Crippen molar-refractivity contribution in [1.29, 1.82) is 0 Å². The minimum atomic E-state index is -0.755. The average molecular weight is 270 g/mol. The summed E-state index contributed by atoms with van der Waals surface area (Å²) < 4.78 is 0. The van der Waals surface area contributed by atoms with Gasteiger partial charge in [0.2, 0.25) is 0 Å². The largest absolute Gasteiger partial charge is 0.480 e. The van der Waals surface area contributed by atoms with E-state index >= 15 is 0 Å². The number of carboxylic acid groups (broad SMARTS) is 1. The lowest BCUT2D eigenvalue weighted by Gasteiger charge is -2.32. The standard InChI is InChI=1S/C15H30N2O2/c1-5-15(14(18)19,16-12(2)3)9-6-10-17(4)11-13-7-8-13/h12-13,16H,5-11H2,1-4H3,(H,18,19). The van der Waals surface area contributed by atoms with Crippen molar-refractivity contribution in [2.24, 2.45) is 5.92 Å². The number of hydrogen-bond acceptors (Lipinski definition) is 3. The molecule has 0 heterocycles. The molecule has 4 heteroatoms. The number of hydrogen-bond donors (Lipinski definition) is 2. The Morgan fingerprint density at radius 2 is 2.11 bits per heavy atom. The molecule has 1 saturated carbocycles. The van der Waals surface area contributed by atoms with E-state index in [-0.39, 0.29) is 6.04 Å². The molecule has 0 aromatic carbocycles. The summed E-state index contributed by atoms with van der Waals surface area (Å²) in [5.74, 6) is 0.183. The van der Waals surface area contributed by atoms with Gasteiger partial charge in [0.15, 0.2) is 0 Å². The summed E-state index contributed by atoms with van der Waals surface area (Å²) in [4.78, 5) is 13.9. The van der Waals surface area contributed by atoms with Crippen LogP contribution in [0.2, 0.25) is 0 Å². The van der Waals surface area contributed by atoms with E-state index in [1.165, 1.54) is 19.4 Å². The highest BCUT2D eigenvalue weighted by Gasteiger charge is 2.36. The summed E-state index contributed by atoms with van der Waals surface area (Å²) in [7, 11) is 2.14. The highest BCUT2D eigenvalue weighted by molar-refractivity contribution is 5.78. The summed E-state index contributed by atoms with van der Waals surface area (Å²) in [5.41, 5.74) is -0.755. The fourth-order valence-electron chi connectivity index (χ4n) is 2.71. The molecule has 0 radical (unpaired) electrons. The van der Waals surface area contributed by atoms with E-state index in [0.29, 0.717) is 12.8 Å². The van der Waals surface area contributed by atoms with Crippen LogP contribution < -0.4 is 5.32 Å². The molecule has 1 aliphatic carbocycles. The first-order valence-corrected chi connectivity index (χ1v) is 7.59. The summed E-state index contributed by atoms with van der Waals surface area (Å²) in [6.45, 7) is 8.13. The number of rotatable bonds is 10. The minimum absolute atomic E-state index is 0.195. The molecule has 0 aromatic rings. The maximum absolute atomic E-state index is 11.6. The van der Waals surface area contributed by atoms with Crippen molar-refractivity contribution in [3.05, 3.63) is 0 Å².